The first-order valence-electron chi connectivity index (χ1n) is 33.5. The third-order valence-electron chi connectivity index (χ3n) is 14.5. The first-order chi connectivity index (χ1) is 39.2. The van der Waals surface area contributed by atoms with Crippen molar-refractivity contribution in [2.75, 3.05) is 6.61 Å². The van der Waals surface area contributed by atoms with Crippen molar-refractivity contribution in [1.29, 1.82) is 0 Å². The molecular formula is C75H127NO3. The summed E-state index contributed by atoms with van der Waals surface area (Å²) in [6.07, 6.45) is 108. The number of unbranched alkanes of at least 4 members (excludes halogenated alkanes) is 31. The van der Waals surface area contributed by atoms with Crippen molar-refractivity contribution < 1.29 is 15.0 Å². The van der Waals surface area contributed by atoms with Crippen LogP contribution in [0, 0.1) is 0 Å². The Kier molecular flexibility index (Phi) is 65.3. The number of aliphatic hydroxyl groups excluding tert-OH is 2. The van der Waals surface area contributed by atoms with Gasteiger partial charge in [-0.25, -0.2) is 0 Å². The molecule has 0 aromatic rings. The van der Waals surface area contributed by atoms with E-state index in [-0.39, 0.29) is 12.5 Å². The summed E-state index contributed by atoms with van der Waals surface area (Å²) in [6, 6.07) is -0.661. The van der Waals surface area contributed by atoms with Crippen LogP contribution in [0.1, 0.15) is 303 Å². The lowest BCUT2D eigenvalue weighted by Crippen LogP contribution is -2.45. The van der Waals surface area contributed by atoms with Crippen LogP contribution >= 0.6 is 0 Å². The molecule has 0 aromatic carbocycles. The lowest BCUT2D eigenvalue weighted by atomic mass is 10.0. The zero-order chi connectivity index (χ0) is 56.9. The molecule has 3 N–H and O–H groups in total. The summed E-state index contributed by atoms with van der Waals surface area (Å²) >= 11 is 0. The molecule has 0 aromatic heterocycles. The number of hydrogen-bond donors (Lipinski definition) is 3. The summed E-state index contributed by atoms with van der Waals surface area (Å²) in [5.74, 6) is -0.0881. The molecule has 0 aliphatic rings. The van der Waals surface area contributed by atoms with Gasteiger partial charge in [0, 0.05) is 6.42 Å². The molecule has 0 aliphatic heterocycles. The number of hydrogen-bond acceptors (Lipinski definition) is 3. The Bertz CT molecular complexity index is 1620. The fourth-order valence-corrected chi connectivity index (χ4v) is 9.50. The van der Waals surface area contributed by atoms with Gasteiger partial charge in [0.2, 0.25) is 5.91 Å². The van der Waals surface area contributed by atoms with E-state index in [4.69, 9.17) is 0 Å². The first-order valence-corrected chi connectivity index (χ1v) is 33.5. The van der Waals surface area contributed by atoms with Gasteiger partial charge in [-0.1, -0.05) is 327 Å². The number of carbonyl (C=O) groups is 1. The molecule has 0 heterocycles. The average molecular weight is 1090 g/mol. The van der Waals surface area contributed by atoms with Gasteiger partial charge in [-0.2, -0.15) is 0 Å². The monoisotopic (exact) mass is 1090 g/mol. The van der Waals surface area contributed by atoms with Crippen molar-refractivity contribution in [3.63, 3.8) is 0 Å². The van der Waals surface area contributed by atoms with Gasteiger partial charge in [0.05, 0.1) is 18.8 Å². The molecule has 79 heavy (non-hydrogen) atoms. The third kappa shape index (κ3) is 65.0. The summed E-state index contributed by atoms with van der Waals surface area (Å²) in [6.45, 7) is 4.19. The van der Waals surface area contributed by atoms with Gasteiger partial charge >= 0.3 is 0 Å². The van der Waals surface area contributed by atoms with Crippen molar-refractivity contribution in [2.24, 2.45) is 0 Å². The highest BCUT2D eigenvalue weighted by Gasteiger charge is 2.18. The molecule has 0 aliphatic carbocycles. The van der Waals surface area contributed by atoms with Crippen LogP contribution in [-0.2, 0) is 4.79 Å². The maximum absolute atomic E-state index is 12.5. The van der Waals surface area contributed by atoms with Gasteiger partial charge in [-0.3, -0.25) is 4.79 Å². The SMILES string of the molecule is CC/C=C\C/C=C\C/C=C\C/C=C\C/C=C\C/C=C\C/C=C\C/C=C\C/C=C\CCCCCCCCCCCC(=O)NC(CO)C(O)/C=C/CC/C=C/CC/C=C/CCCCCCCCCCCCCCCCCCCCCC. The predicted octanol–water partition coefficient (Wildman–Crippen LogP) is 23.1. The van der Waals surface area contributed by atoms with Crippen LogP contribution in [0.15, 0.2) is 146 Å². The molecule has 4 heteroatoms. The zero-order valence-corrected chi connectivity index (χ0v) is 51.8. The lowest BCUT2D eigenvalue weighted by molar-refractivity contribution is -0.123. The van der Waals surface area contributed by atoms with E-state index in [1.54, 1.807) is 6.08 Å². The van der Waals surface area contributed by atoms with Gasteiger partial charge in [0.1, 0.15) is 0 Å². The second kappa shape index (κ2) is 68.5. The molecule has 1 amide bonds. The number of carbonyl (C=O) groups excluding carboxylic acids is 1. The Hall–Kier alpha value is -3.73. The minimum atomic E-state index is -0.885. The molecular weight excluding hydrogens is 963 g/mol. The highest BCUT2D eigenvalue weighted by Crippen LogP contribution is 2.16. The van der Waals surface area contributed by atoms with E-state index < -0.39 is 12.1 Å². The standard InChI is InChI=1S/C75H127NO3/c1-3-5-7-9-11-13-15-17-19-21-23-25-27-29-31-33-35-36-37-38-39-40-41-43-45-47-49-51-53-55-57-59-61-63-65-67-69-71-75(79)76-73(72-77)74(78)70-68-66-64-62-60-58-56-54-52-50-48-46-44-42-34-32-30-28-26-24-22-20-18-16-14-12-10-8-6-4-2/h5,7,11,13,17,19,23,25,29,31,35-36,38-39,41,43,47,49,52,54,60,62,68,70,73-74,77-78H,3-4,6,8-10,12,14-16,18,20-22,24,26-28,30,32-34,37,40,42,44-46,48,50-51,53,55-59,61,63-67,69,71-72H2,1-2H3,(H,76,79)/b7-5-,13-11-,19-17-,25-23-,31-29-,36-35-,39-38-,43-41-,49-47-,54-52+,62-60+,70-68+. The second-order valence-corrected chi connectivity index (χ2v) is 22.1. The molecule has 0 rings (SSSR count). The number of amides is 1. The van der Waals surface area contributed by atoms with Crippen molar-refractivity contribution in [2.45, 2.75) is 315 Å². The van der Waals surface area contributed by atoms with Crippen LogP contribution in [-0.4, -0.2) is 34.9 Å². The van der Waals surface area contributed by atoms with Gasteiger partial charge in [-0.15, -0.1) is 0 Å². The summed E-state index contributed by atoms with van der Waals surface area (Å²) in [5, 5.41) is 23.2. The molecule has 450 valence electrons. The van der Waals surface area contributed by atoms with E-state index in [2.05, 4.69) is 153 Å². The molecule has 0 saturated heterocycles. The van der Waals surface area contributed by atoms with Gasteiger partial charge in [0.25, 0.3) is 0 Å². The highest BCUT2D eigenvalue weighted by atomic mass is 16.3. The smallest absolute Gasteiger partial charge is 0.220 e. The fraction of sp³-hybridized carbons (Fsp3) is 0.667. The van der Waals surface area contributed by atoms with E-state index in [0.717, 1.165) is 103 Å². The fourth-order valence-electron chi connectivity index (χ4n) is 9.50. The zero-order valence-electron chi connectivity index (χ0n) is 51.8. The van der Waals surface area contributed by atoms with Crippen molar-refractivity contribution in [3.05, 3.63) is 146 Å². The summed E-state index contributed by atoms with van der Waals surface area (Å²) in [7, 11) is 0. The van der Waals surface area contributed by atoms with Crippen LogP contribution in [0.25, 0.3) is 0 Å². The van der Waals surface area contributed by atoms with Gasteiger partial charge in [-0.05, 0) is 116 Å². The first kappa shape index (κ1) is 75.3. The molecule has 0 bridgehead atoms. The van der Waals surface area contributed by atoms with Crippen molar-refractivity contribution in [3.8, 4) is 0 Å². The normalized spacial score (nSPS) is 13.7. The van der Waals surface area contributed by atoms with E-state index in [1.807, 2.05) is 6.08 Å². The molecule has 0 fully saturated rings. The lowest BCUT2D eigenvalue weighted by Gasteiger charge is -2.19. The molecule has 0 spiro atoms. The Labute approximate surface area is 491 Å². The maximum Gasteiger partial charge on any atom is 0.220 e. The topological polar surface area (TPSA) is 69.6 Å². The van der Waals surface area contributed by atoms with E-state index >= 15 is 0 Å². The van der Waals surface area contributed by atoms with Crippen LogP contribution in [0.4, 0.5) is 0 Å². The van der Waals surface area contributed by atoms with Gasteiger partial charge < -0.3 is 15.5 Å². The van der Waals surface area contributed by atoms with E-state index in [0.29, 0.717) is 6.42 Å². The maximum atomic E-state index is 12.5. The molecule has 2 atom stereocenters. The van der Waals surface area contributed by atoms with Crippen LogP contribution < -0.4 is 5.32 Å². The Morgan fingerprint density at radius 2 is 0.570 bits per heavy atom. The van der Waals surface area contributed by atoms with E-state index in [9.17, 15) is 15.0 Å². The molecule has 0 radical (unpaired) electrons. The summed E-state index contributed by atoms with van der Waals surface area (Å²) in [5.41, 5.74) is 0. The number of rotatable bonds is 60. The Morgan fingerprint density at radius 3 is 0.886 bits per heavy atom. The van der Waals surface area contributed by atoms with Crippen LogP contribution in [0.5, 0.6) is 0 Å². The highest BCUT2D eigenvalue weighted by molar-refractivity contribution is 5.76. The van der Waals surface area contributed by atoms with E-state index in [1.165, 1.54) is 180 Å². The molecule has 4 nitrogen and oxygen atoms in total. The van der Waals surface area contributed by atoms with Crippen molar-refractivity contribution in [1.82, 2.24) is 5.32 Å². The minimum Gasteiger partial charge on any atom is -0.394 e. The van der Waals surface area contributed by atoms with Gasteiger partial charge in [0.15, 0.2) is 0 Å². The largest absolute Gasteiger partial charge is 0.394 e. The predicted molar refractivity (Wildman–Crippen MR) is 354 cm³/mol. The number of allylic oxidation sites excluding steroid dienone is 23. The van der Waals surface area contributed by atoms with Crippen molar-refractivity contribution >= 4 is 5.91 Å². The quantitative estimate of drug-likeness (QED) is 0.0420. The molecule has 2 unspecified atom stereocenters. The molecule has 0 saturated carbocycles. The second-order valence-electron chi connectivity index (χ2n) is 22.1. The summed E-state index contributed by atoms with van der Waals surface area (Å²) < 4.78 is 0. The summed E-state index contributed by atoms with van der Waals surface area (Å²) in [4.78, 5) is 12.5. The van der Waals surface area contributed by atoms with Crippen LogP contribution in [0.3, 0.4) is 0 Å². The number of aliphatic hydroxyl groups is 2. The average Bonchev–Trinajstić information content (AvgIpc) is 3.45. The minimum absolute atomic E-state index is 0.0881. The third-order valence-corrected chi connectivity index (χ3v) is 14.5. The Balaban J connectivity index is 3.62. The Morgan fingerprint density at radius 1 is 0.316 bits per heavy atom. The number of nitrogens with one attached hydrogen (secondary N) is 1. The van der Waals surface area contributed by atoms with Crippen LogP contribution in [0.2, 0.25) is 0 Å².